The number of fused-ring (bicyclic) bond motifs is 1. The molecule has 3 rings (SSSR count). The minimum Gasteiger partial charge on any atom is -0.375 e. The van der Waals surface area contributed by atoms with Crippen LogP contribution in [0.2, 0.25) is 0 Å². The van der Waals surface area contributed by atoms with Gasteiger partial charge in [-0.2, -0.15) is 11.3 Å². The molecular formula is C17H24N2O2S. The molecule has 1 aromatic rings. The van der Waals surface area contributed by atoms with E-state index in [2.05, 4.69) is 16.9 Å². The molecule has 0 saturated carbocycles. The average molecular weight is 320 g/mol. The molecule has 4 nitrogen and oxygen atoms in total. The van der Waals surface area contributed by atoms with Crippen LogP contribution in [-0.2, 0) is 16.0 Å². The molecule has 2 fully saturated rings. The van der Waals surface area contributed by atoms with Crippen LogP contribution in [0.4, 0.5) is 0 Å². The third kappa shape index (κ3) is 3.59. The molecule has 0 N–H and O–H groups in total. The number of likely N-dealkylation sites (tertiary alicyclic amines) is 1. The molecule has 2 aliphatic heterocycles. The lowest BCUT2D eigenvalue weighted by Crippen LogP contribution is -2.51. The maximum atomic E-state index is 12.5. The maximum absolute atomic E-state index is 12.5. The lowest BCUT2D eigenvalue weighted by Gasteiger charge is -2.39. The molecule has 22 heavy (non-hydrogen) atoms. The Kier molecular flexibility index (Phi) is 5.28. The highest BCUT2D eigenvalue weighted by molar-refractivity contribution is 7.07. The third-order valence-corrected chi connectivity index (χ3v) is 5.37. The van der Waals surface area contributed by atoms with Gasteiger partial charge in [-0.3, -0.25) is 9.69 Å². The average Bonchev–Trinajstić information content (AvgIpc) is 2.92. The summed E-state index contributed by atoms with van der Waals surface area (Å²) in [6.07, 6.45) is 4.68. The number of rotatable bonds is 4. The van der Waals surface area contributed by atoms with Crippen molar-refractivity contribution in [3.05, 3.63) is 35.0 Å². The van der Waals surface area contributed by atoms with Crippen molar-refractivity contribution in [3.8, 4) is 0 Å². The highest BCUT2D eigenvalue weighted by Gasteiger charge is 2.34. The van der Waals surface area contributed by atoms with Crippen LogP contribution in [0.5, 0.6) is 0 Å². The van der Waals surface area contributed by atoms with E-state index < -0.39 is 0 Å². The zero-order valence-corrected chi connectivity index (χ0v) is 13.8. The van der Waals surface area contributed by atoms with E-state index in [9.17, 15) is 4.79 Å². The second-order valence-corrected chi connectivity index (χ2v) is 6.81. The van der Waals surface area contributed by atoms with E-state index in [0.29, 0.717) is 12.5 Å². The van der Waals surface area contributed by atoms with Gasteiger partial charge in [0.25, 0.3) is 0 Å². The van der Waals surface area contributed by atoms with Gasteiger partial charge < -0.3 is 9.64 Å². The quantitative estimate of drug-likeness (QED) is 0.797. The first-order valence-corrected chi connectivity index (χ1v) is 8.97. The van der Waals surface area contributed by atoms with E-state index in [4.69, 9.17) is 4.74 Å². The smallest absolute Gasteiger partial charge is 0.227 e. The van der Waals surface area contributed by atoms with Crippen molar-refractivity contribution in [2.45, 2.75) is 31.4 Å². The standard InChI is InChI=1S/C17H24N2O2S/c1-2-6-18-9-10-21-16-4-8-19(7-3-15(16)18)17(20)12-14-5-11-22-13-14/h2,5,11,13,15-16H,1,3-4,6-10,12H2/t15-,16+/m1/s1. The number of ether oxygens (including phenoxy) is 1. The SMILES string of the molecule is C=CCN1CCO[C@H]2CCN(C(=O)Cc3ccsc3)CC[C@H]21. The third-order valence-electron chi connectivity index (χ3n) is 4.64. The number of nitrogens with zero attached hydrogens (tertiary/aromatic N) is 2. The van der Waals surface area contributed by atoms with Crippen molar-refractivity contribution in [2.75, 3.05) is 32.8 Å². The van der Waals surface area contributed by atoms with Crippen LogP contribution in [0, 0.1) is 0 Å². The number of hydrogen-bond acceptors (Lipinski definition) is 4. The second-order valence-electron chi connectivity index (χ2n) is 6.03. The Bertz CT molecular complexity index is 503. The summed E-state index contributed by atoms with van der Waals surface area (Å²) in [7, 11) is 0. The lowest BCUT2D eigenvalue weighted by molar-refractivity contribution is -0.130. The highest BCUT2D eigenvalue weighted by atomic mass is 32.1. The Labute approximate surface area is 136 Å². The minimum absolute atomic E-state index is 0.243. The Balaban J connectivity index is 1.61. The van der Waals surface area contributed by atoms with E-state index >= 15 is 0 Å². The molecular weight excluding hydrogens is 296 g/mol. The summed E-state index contributed by atoms with van der Waals surface area (Å²) in [6, 6.07) is 2.46. The topological polar surface area (TPSA) is 32.8 Å². The van der Waals surface area contributed by atoms with Crippen molar-refractivity contribution in [3.63, 3.8) is 0 Å². The van der Waals surface area contributed by atoms with Gasteiger partial charge in [-0.05, 0) is 35.2 Å². The van der Waals surface area contributed by atoms with Crippen molar-refractivity contribution in [1.82, 2.24) is 9.80 Å². The Morgan fingerprint density at radius 3 is 3.05 bits per heavy atom. The summed E-state index contributed by atoms with van der Waals surface area (Å²) in [6.45, 7) is 8.17. The first kappa shape index (κ1) is 15.7. The summed E-state index contributed by atoms with van der Waals surface area (Å²) < 4.78 is 5.96. The monoisotopic (exact) mass is 320 g/mol. The van der Waals surface area contributed by atoms with Gasteiger partial charge in [-0.15, -0.1) is 6.58 Å². The fourth-order valence-electron chi connectivity index (χ4n) is 3.48. The van der Waals surface area contributed by atoms with Gasteiger partial charge in [0.1, 0.15) is 0 Å². The molecule has 3 heterocycles. The summed E-state index contributed by atoms with van der Waals surface area (Å²) in [5.74, 6) is 0.243. The van der Waals surface area contributed by atoms with Crippen LogP contribution in [0.25, 0.3) is 0 Å². The van der Waals surface area contributed by atoms with Crippen LogP contribution >= 0.6 is 11.3 Å². The summed E-state index contributed by atoms with van der Waals surface area (Å²) in [5.41, 5.74) is 1.13. The van der Waals surface area contributed by atoms with Gasteiger partial charge in [-0.1, -0.05) is 6.08 Å². The van der Waals surface area contributed by atoms with E-state index in [1.807, 2.05) is 22.4 Å². The van der Waals surface area contributed by atoms with Gasteiger partial charge in [0.2, 0.25) is 5.91 Å². The number of carbonyl (C=O) groups is 1. The van der Waals surface area contributed by atoms with Crippen molar-refractivity contribution < 1.29 is 9.53 Å². The molecule has 0 aromatic carbocycles. The molecule has 0 bridgehead atoms. The molecule has 2 atom stereocenters. The first-order valence-electron chi connectivity index (χ1n) is 8.03. The van der Waals surface area contributed by atoms with Gasteiger partial charge in [0.05, 0.1) is 19.1 Å². The molecule has 2 aliphatic rings. The summed E-state index contributed by atoms with van der Waals surface area (Å²) >= 11 is 1.65. The molecule has 0 aliphatic carbocycles. The lowest BCUT2D eigenvalue weighted by atomic mass is 10.0. The fourth-order valence-corrected chi connectivity index (χ4v) is 4.15. The van der Waals surface area contributed by atoms with Crippen LogP contribution in [0.1, 0.15) is 18.4 Å². The fraction of sp³-hybridized carbons (Fsp3) is 0.588. The number of thiophene rings is 1. The van der Waals surface area contributed by atoms with Crippen LogP contribution in [0.15, 0.2) is 29.5 Å². The molecule has 0 spiro atoms. The molecule has 0 radical (unpaired) electrons. The highest BCUT2D eigenvalue weighted by Crippen LogP contribution is 2.24. The van der Waals surface area contributed by atoms with E-state index in [0.717, 1.165) is 51.2 Å². The number of hydrogen-bond donors (Lipinski definition) is 0. The largest absolute Gasteiger partial charge is 0.375 e. The van der Waals surface area contributed by atoms with Gasteiger partial charge in [0.15, 0.2) is 0 Å². The van der Waals surface area contributed by atoms with Crippen LogP contribution in [-0.4, -0.2) is 60.6 Å². The van der Waals surface area contributed by atoms with Gasteiger partial charge >= 0.3 is 0 Å². The molecule has 2 saturated heterocycles. The number of morpholine rings is 1. The van der Waals surface area contributed by atoms with Crippen LogP contribution < -0.4 is 0 Å². The van der Waals surface area contributed by atoms with Gasteiger partial charge in [0, 0.05) is 32.2 Å². The zero-order valence-electron chi connectivity index (χ0n) is 12.9. The van der Waals surface area contributed by atoms with E-state index in [-0.39, 0.29) is 12.0 Å². The summed E-state index contributed by atoms with van der Waals surface area (Å²) in [4.78, 5) is 17.0. The van der Waals surface area contributed by atoms with Crippen molar-refractivity contribution >= 4 is 17.2 Å². The predicted octanol–water partition coefficient (Wildman–Crippen LogP) is 2.17. The second kappa shape index (κ2) is 7.40. The molecule has 1 aromatic heterocycles. The van der Waals surface area contributed by atoms with E-state index in [1.165, 1.54) is 0 Å². The first-order chi connectivity index (χ1) is 10.8. The predicted molar refractivity (Wildman–Crippen MR) is 89.1 cm³/mol. The maximum Gasteiger partial charge on any atom is 0.227 e. The number of carbonyl (C=O) groups excluding carboxylic acids is 1. The van der Waals surface area contributed by atoms with E-state index in [1.54, 1.807) is 11.3 Å². The molecule has 0 unspecified atom stereocenters. The normalized spacial score (nSPS) is 26.3. The summed E-state index contributed by atoms with van der Waals surface area (Å²) in [5, 5.41) is 4.09. The Hall–Kier alpha value is -1.17. The zero-order chi connectivity index (χ0) is 15.4. The van der Waals surface area contributed by atoms with Crippen molar-refractivity contribution in [2.24, 2.45) is 0 Å². The number of amides is 1. The molecule has 120 valence electrons. The minimum atomic E-state index is 0.243. The van der Waals surface area contributed by atoms with Crippen molar-refractivity contribution in [1.29, 1.82) is 0 Å². The van der Waals surface area contributed by atoms with Crippen LogP contribution in [0.3, 0.4) is 0 Å². The van der Waals surface area contributed by atoms with Gasteiger partial charge in [-0.25, -0.2) is 0 Å². The molecule has 1 amide bonds. The Morgan fingerprint density at radius 2 is 2.27 bits per heavy atom. The Morgan fingerprint density at radius 1 is 1.41 bits per heavy atom. The molecule has 5 heteroatoms.